The van der Waals surface area contributed by atoms with E-state index in [2.05, 4.69) is 24.4 Å². The zero-order chi connectivity index (χ0) is 35.0. The molecule has 0 aromatic heterocycles. The number of carbonyl (C=O) groups excluding carboxylic acids is 1. The predicted molar refractivity (Wildman–Crippen MR) is 188 cm³/mol. The number of rotatable bonds is 21. The van der Waals surface area contributed by atoms with Crippen molar-refractivity contribution < 1.29 is 44.5 Å². The zero-order valence-corrected chi connectivity index (χ0v) is 28.9. The van der Waals surface area contributed by atoms with Gasteiger partial charge < -0.3 is 45.1 Å². The van der Waals surface area contributed by atoms with Crippen LogP contribution in [-0.2, 0) is 14.2 Å². The summed E-state index contributed by atoms with van der Waals surface area (Å²) in [7, 11) is 0. The Kier molecular flexibility index (Phi) is 16.5. The van der Waals surface area contributed by atoms with E-state index >= 15 is 0 Å². The third-order valence-electron chi connectivity index (χ3n) is 9.66. The molecule has 7 atom stereocenters. The van der Waals surface area contributed by atoms with Gasteiger partial charge in [0, 0.05) is 5.92 Å². The van der Waals surface area contributed by atoms with Crippen molar-refractivity contribution in [1.29, 1.82) is 0 Å². The van der Waals surface area contributed by atoms with E-state index in [-0.39, 0.29) is 19.1 Å². The zero-order valence-electron chi connectivity index (χ0n) is 28.9. The predicted octanol–water partition coefficient (Wildman–Crippen LogP) is 5.33. The fourth-order valence-corrected chi connectivity index (χ4v) is 6.72. The third-order valence-corrected chi connectivity index (χ3v) is 9.66. The lowest BCUT2D eigenvalue weighted by Crippen LogP contribution is -2.60. The Balaban J connectivity index is 1.29. The summed E-state index contributed by atoms with van der Waals surface area (Å²) < 4.78 is 16.8. The molecule has 10 heteroatoms. The molecular weight excluding hydrogens is 626 g/mol. The summed E-state index contributed by atoms with van der Waals surface area (Å²) >= 11 is 0. The third kappa shape index (κ3) is 11.3. The summed E-state index contributed by atoms with van der Waals surface area (Å²) in [5.41, 5.74) is 4.36. The molecule has 0 radical (unpaired) electrons. The van der Waals surface area contributed by atoms with Crippen molar-refractivity contribution in [3.8, 4) is 11.1 Å². The number of benzene rings is 2. The molecule has 1 heterocycles. The molecule has 272 valence electrons. The maximum atomic E-state index is 13.1. The molecule has 2 aliphatic rings. The Hall–Kier alpha value is -2.83. The highest BCUT2D eigenvalue weighted by Gasteiger charge is 2.44. The Morgan fingerprint density at radius 3 is 2.00 bits per heavy atom. The number of nitrogens with one attached hydrogen (secondary N) is 1. The smallest absolute Gasteiger partial charge is 0.407 e. The number of aliphatic hydroxyl groups excluding tert-OH is 5. The average Bonchev–Trinajstić information content (AvgIpc) is 3.44. The Morgan fingerprint density at radius 2 is 1.41 bits per heavy atom. The molecule has 1 aliphatic carbocycles. The molecule has 0 spiro atoms. The van der Waals surface area contributed by atoms with Crippen molar-refractivity contribution in [3.05, 3.63) is 71.8 Å². The van der Waals surface area contributed by atoms with Crippen LogP contribution in [0, 0.1) is 0 Å². The Labute approximate surface area is 291 Å². The molecule has 4 rings (SSSR count). The number of ether oxygens (including phenoxy) is 3. The summed E-state index contributed by atoms with van der Waals surface area (Å²) in [5, 5.41) is 54.0. The van der Waals surface area contributed by atoms with E-state index in [0.29, 0.717) is 0 Å². The van der Waals surface area contributed by atoms with Gasteiger partial charge in [0.15, 0.2) is 6.29 Å². The van der Waals surface area contributed by atoms with E-state index in [1.807, 2.05) is 42.5 Å². The first kappa shape index (κ1) is 39.0. The highest BCUT2D eigenvalue weighted by molar-refractivity contribution is 5.79. The van der Waals surface area contributed by atoms with Gasteiger partial charge in [-0.3, -0.25) is 0 Å². The van der Waals surface area contributed by atoms with Gasteiger partial charge in [0.1, 0.15) is 31.0 Å². The largest absolute Gasteiger partial charge is 0.449 e. The van der Waals surface area contributed by atoms with Gasteiger partial charge in [-0.2, -0.15) is 0 Å². The summed E-state index contributed by atoms with van der Waals surface area (Å²) in [6.07, 6.45) is 8.79. The molecule has 10 nitrogen and oxygen atoms in total. The van der Waals surface area contributed by atoms with Crippen LogP contribution in [0.1, 0.15) is 101 Å². The molecule has 0 unspecified atom stereocenters. The number of unbranched alkanes of at least 4 members (excludes halogenated alkanes) is 11. The lowest BCUT2D eigenvalue weighted by molar-refractivity contribution is -0.302. The molecule has 0 saturated carbocycles. The van der Waals surface area contributed by atoms with E-state index in [1.165, 1.54) is 57.8 Å². The first-order chi connectivity index (χ1) is 23.8. The SMILES string of the molecule is CCCCCCCCCCCCC/C=C/[C@@H](O)[C@H](CO[C@@H]1O[C@H](CO)[C@H](O)[C@H](O)[C@H]1O)NC(=O)OCC1c2ccccc2-c2ccccc21. The second-order valence-corrected chi connectivity index (χ2v) is 13.3. The van der Waals surface area contributed by atoms with Crippen LogP contribution in [0.25, 0.3) is 11.1 Å². The van der Waals surface area contributed by atoms with Crippen LogP contribution >= 0.6 is 0 Å². The lowest BCUT2D eigenvalue weighted by atomic mass is 9.98. The Morgan fingerprint density at radius 1 is 0.837 bits per heavy atom. The molecular formula is C39H57NO9. The summed E-state index contributed by atoms with van der Waals surface area (Å²) in [6.45, 7) is 1.42. The molecule has 49 heavy (non-hydrogen) atoms. The standard InChI is InChI=1S/C39H57NO9/c1-2-3-4-5-6-7-8-9-10-11-12-13-14-23-33(42)32(26-47-38-37(45)36(44)35(43)34(24-41)49-38)40-39(46)48-25-31-29-21-17-15-19-27(29)28-20-16-18-22-30(28)31/h14-23,31-38,41-45H,2-13,24-26H2,1H3,(H,40,46)/b23-14+/t32-,33+,34+,35-,36-,37+,38+/m0/s1. The maximum absolute atomic E-state index is 13.1. The van der Waals surface area contributed by atoms with Gasteiger partial charge in [0.05, 0.1) is 25.4 Å². The van der Waals surface area contributed by atoms with E-state index in [1.54, 1.807) is 6.08 Å². The summed E-state index contributed by atoms with van der Waals surface area (Å²) in [4.78, 5) is 13.1. The van der Waals surface area contributed by atoms with Crippen molar-refractivity contribution >= 4 is 6.09 Å². The van der Waals surface area contributed by atoms with Crippen molar-refractivity contribution in [2.45, 2.75) is 133 Å². The molecule has 6 N–H and O–H groups in total. The van der Waals surface area contributed by atoms with Crippen LogP contribution in [-0.4, -0.2) is 94.3 Å². The fourth-order valence-electron chi connectivity index (χ4n) is 6.72. The number of alkyl carbamates (subject to hydrolysis) is 1. The lowest BCUT2D eigenvalue weighted by Gasteiger charge is -2.40. The van der Waals surface area contributed by atoms with Gasteiger partial charge in [0.25, 0.3) is 0 Å². The van der Waals surface area contributed by atoms with Crippen molar-refractivity contribution in [1.82, 2.24) is 5.32 Å². The van der Waals surface area contributed by atoms with Crippen LogP contribution in [0.5, 0.6) is 0 Å². The average molecular weight is 684 g/mol. The summed E-state index contributed by atoms with van der Waals surface area (Å²) in [6, 6.07) is 15.1. The van der Waals surface area contributed by atoms with E-state index in [9.17, 15) is 30.3 Å². The number of aliphatic hydroxyl groups is 5. The van der Waals surface area contributed by atoms with Crippen LogP contribution in [0.2, 0.25) is 0 Å². The minimum atomic E-state index is -1.61. The molecule has 1 amide bonds. The van der Waals surface area contributed by atoms with Gasteiger partial charge in [0.2, 0.25) is 0 Å². The van der Waals surface area contributed by atoms with Crippen molar-refractivity contribution in [2.24, 2.45) is 0 Å². The fraction of sp³-hybridized carbons (Fsp3) is 0.615. The van der Waals surface area contributed by atoms with Crippen LogP contribution in [0.4, 0.5) is 4.79 Å². The highest BCUT2D eigenvalue weighted by Crippen LogP contribution is 2.44. The molecule has 1 fully saturated rings. The quantitative estimate of drug-likeness (QED) is 0.0756. The van der Waals surface area contributed by atoms with Gasteiger partial charge in [-0.1, -0.05) is 132 Å². The van der Waals surface area contributed by atoms with E-state index < -0.39 is 55.6 Å². The van der Waals surface area contributed by atoms with E-state index in [0.717, 1.165) is 41.5 Å². The maximum Gasteiger partial charge on any atom is 0.407 e. The molecule has 2 aromatic carbocycles. The Bertz CT molecular complexity index is 1240. The van der Waals surface area contributed by atoms with Crippen molar-refractivity contribution in [2.75, 3.05) is 19.8 Å². The monoisotopic (exact) mass is 683 g/mol. The number of carbonyl (C=O) groups is 1. The van der Waals surface area contributed by atoms with Crippen LogP contribution < -0.4 is 5.32 Å². The number of hydrogen-bond donors (Lipinski definition) is 6. The minimum absolute atomic E-state index is 0.0882. The van der Waals surface area contributed by atoms with E-state index in [4.69, 9.17) is 14.2 Å². The van der Waals surface area contributed by atoms with Gasteiger partial charge in [-0.05, 0) is 35.1 Å². The van der Waals surface area contributed by atoms with Crippen LogP contribution in [0.3, 0.4) is 0 Å². The number of fused-ring (bicyclic) bond motifs is 3. The van der Waals surface area contributed by atoms with Crippen molar-refractivity contribution in [3.63, 3.8) is 0 Å². The topological polar surface area (TPSA) is 158 Å². The van der Waals surface area contributed by atoms with Crippen LogP contribution in [0.15, 0.2) is 60.7 Å². The molecule has 1 aliphatic heterocycles. The number of allylic oxidation sites excluding steroid dienone is 1. The van der Waals surface area contributed by atoms with Gasteiger partial charge in [-0.15, -0.1) is 0 Å². The second kappa shape index (κ2) is 20.7. The molecule has 1 saturated heterocycles. The first-order valence-corrected chi connectivity index (χ1v) is 18.2. The highest BCUT2D eigenvalue weighted by atomic mass is 16.7. The van der Waals surface area contributed by atoms with Gasteiger partial charge >= 0.3 is 6.09 Å². The second-order valence-electron chi connectivity index (χ2n) is 13.3. The molecule has 0 bridgehead atoms. The molecule has 2 aromatic rings. The normalized spacial score (nSPS) is 23.3. The first-order valence-electron chi connectivity index (χ1n) is 18.2. The minimum Gasteiger partial charge on any atom is -0.449 e. The number of hydrogen-bond acceptors (Lipinski definition) is 9. The summed E-state index contributed by atoms with van der Waals surface area (Å²) in [5.74, 6) is -0.141. The number of amides is 1. The van der Waals surface area contributed by atoms with Gasteiger partial charge in [-0.25, -0.2) is 4.79 Å².